The summed E-state index contributed by atoms with van der Waals surface area (Å²) >= 11 is 3.38. The Hall–Kier alpha value is -1.03. The molecule has 0 heterocycles. The Balaban J connectivity index is 2.50. The predicted octanol–water partition coefficient (Wildman–Crippen LogP) is 2.45. The van der Waals surface area contributed by atoms with Gasteiger partial charge in [-0.2, -0.15) is 0 Å². The van der Waals surface area contributed by atoms with E-state index in [1.165, 1.54) is 7.11 Å². The molecule has 1 aromatic carbocycles. The summed E-state index contributed by atoms with van der Waals surface area (Å²) in [5.41, 5.74) is 1.09. The minimum absolute atomic E-state index is 0.182. The molecule has 0 aliphatic carbocycles. The Bertz CT molecular complexity index is 324. The van der Waals surface area contributed by atoms with Crippen LogP contribution in [-0.2, 0) is 9.53 Å². The van der Waals surface area contributed by atoms with Crippen LogP contribution in [0, 0.1) is 0 Å². The summed E-state index contributed by atoms with van der Waals surface area (Å²) in [6.07, 6.45) is 0.406. The average Bonchev–Trinajstić information content (AvgIpc) is 2.26. The standard InChI is InChI=1S/C11H14BrNO2/c1-13(8-7-11(14)15-2)10-5-3-9(12)4-6-10/h3-6H,7-8H2,1-2H3. The van der Waals surface area contributed by atoms with E-state index in [0.717, 1.165) is 10.2 Å². The lowest BCUT2D eigenvalue weighted by molar-refractivity contribution is -0.140. The number of anilines is 1. The molecule has 0 saturated heterocycles. The largest absolute Gasteiger partial charge is 0.469 e. The predicted molar refractivity (Wildman–Crippen MR) is 64.0 cm³/mol. The fourth-order valence-electron chi connectivity index (χ4n) is 1.19. The van der Waals surface area contributed by atoms with Crippen LogP contribution in [0.25, 0.3) is 0 Å². The van der Waals surface area contributed by atoms with E-state index in [1.807, 2.05) is 36.2 Å². The van der Waals surface area contributed by atoms with Crippen LogP contribution in [0.1, 0.15) is 6.42 Å². The zero-order valence-corrected chi connectivity index (χ0v) is 10.5. The molecule has 0 bridgehead atoms. The van der Waals surface area contributed by atoms with E-state index in [0.29, 0.717) is 13.0 Å². The highest BCUT2D eigenvalue weighted by Gasteiger charge is 2.04. The van der Waals surface area contributed by atoms with Gasteiger partial charge in [-0.1, -0.05) is 15.9 Å². The number of methoxy groups -OCH3 is 1. The summed E-state index contributed by atoms with van der Waals surface area (Å²) < 4.78 is 5.63. The molecule has 0 radical (unpaired) electrons. The molecular weight excluding hydrogens is 258 g/mol. The van der Waals surface area contributed by atoms with Crippen molar-refractivity contribution in [1.82, 2.24) is 0 Å². The molecule has 0 atom stereocenters. The van der Waals surface area contributed by atoms with Crippen LogP contribution in [0.3, 0.4) is 0 Å². The second kappa shape index (κ2) is 5.75. The summed E-state index contributed by atoms with van der Waals surface area (Å²) in [4.78, 5) is 13.0. The van der Waals surface area contributed by atoms with Crippen molar-refractivity contribution in [3.8, 4) is 0 Å². The molecule has 1 aromatic rings. The SMILES string of the molecule is COC(=O)CCN(C)c1ccc(Br)cc1. The third-order valence-electron chi connectivity index (χ3n) is 2.15. The van der Waals surface area contributed by atoms with E-state index in [4.69, 9.17) is 0 Å². The normalized spacial score (nSPS) is 9.80. The second-order valence-corrected chi connectivity index (χ2v) is 4.14. The van der Waals surface area contributed by atoms with Crippen molar-refractivity contribution >= 4 is 27.6 Å². The fourth-order valence-corrected chi connectivity index (χ4v) is 1.45. The van der Waals surface area contributed by atoms with Crippen LogP contribution < -0.4 is 4.90 Å². The first-order valence-electron chi connectivity index (χ1n) is 4.67. The Morgan fingerprint density at radius 3 is 2.53 bits per heavy atom. The van der Waals surface area contributed by atoms with E-state index in [1.54, 1.807) is 0 Å². The van der Waals surface area contributed by atoms with Crippen molar-refractivity contribution in [2.24, 2.45) is 0 Å². The summed E-state index contributed by atoms with van der Waals surface area (Å²) in [6, 6.07) is 7.96. The number of benzene rings is 1. The van der Waals surface area contributed by atoms with Crippen LogP contribution in [0.5, 0.6) is 0 Å². The third-order valence-corrected chi connectivity index (χ3v) is 2.68. The minimum Gasteiger partial charge on any atom is -0.469 e. The van der Waals surface area contributed by atoms with Gasteiger partial charge < -0.3 is 9.64 Å². The van der Waals surface area contributed by atoms with Gasteiger partial charge in [0.1, 0.15) is 0 Å². The smallest absolute Gasteiger partial charge is 0.307 e. The number of carbonyl (C=O) groups excluding carboxylic acids is 1. The number of carbonyl (C=O) groups is 1. The van der Waals surface area contributed by atoms with E-state index >= 15 is 0 Å². The number of halogens is 1. The van der Waals surface area contributed by atoms with Crippen molar-refractivity contribution in [2.75, 3.05) is 25.6 Å². The van der Waals surface area contributed by atoms with Gasteiger partial charge in [0.25, 0.3) is 0 Å². The molecule has 1 rings (SSSR count). The van der Waals surface area contributed by atoms with Gasteiger partial charge in [0.2, 0.25) is 0 Å². The van der Waals surface area contributed by atoms with Crippen molar-refractivity contribution in [3.05, 3.63) is 28.7 Å². The summed E-state index contributed by atoms with van der Waals surface area (Å²) in [5.74, 6) is -0.182. The molecular formula is C11H14BrNO2. The zero-order chi connectivity index (χ0) is 11.3. The third kappa shape index (κ3) is 3.91. The van der Waals surface area contributed by atoms with Gasteiger partial charge in [-0.3, -0.25) is 4.79 Å². The minimum atomic E-state index is -0.182. The van der Waals surface area contributed by atoms with Crippen molar-refractivity contribution in [2.45, 2.75) is 6.42 Å². The zero-order valence-electron chi connectivity index (χ0n) is 8.87. The Morgan fingerprint density at radius 1 is 1.40 bits per heavy atom. The van der Waals surface area contributed by atoms with E-state index in [9.17, 15) is 4.79 Å². The van der Waals surface area contributed by atoms with Gasteiger partial charge >= 0.3 is 5.97 Å². The number of rotatable bonds is 4. The average molecular weight is 272 g/mol. The second-order valence-electron chi connectivity index (χ2n) is 3.22. The molecule has 0 fully saturated rings. The first-order valence-corrected chi connectivity index (χ1v) is 5.46. The van der Waals surface area contributed by atoms with Gasteiger partial charge in [0.15, 0.2) is 0 Å². The Kier molecular flexibility index (Phi) is 4.62. The van der Waals surface area contributed by atoms with Crippen LogP contribution in [-0.4, -0.2) is 26.7 Å². The quantitative estimate of drug-likeness (QED) is 0.788. The molecule has 15 heavy (non-hydrogen) atoms. The Morgan fingerprint density at radius 2 is 2.00 bits per heavy atom. The van der Waals surface area contributed by atoms with Gasteiger partial charge in [-0.15, -0.1) is 0 Å². The lowest BCUT2D eigenvalue weighted by Crippen LogP contribution is -2.21. The van der Waals surface area contributed by atoms with Gasteiger partial charge in [0, 0.05) is 23.8 Å². The van der Waals surface area contributed by atoms with E-state index in [2.05, 4.69) is 20.7 Å². The Labute approximate surface area is 98.2 Å². The number of hydrogen-bond acceptors (Lipinski definition) is 3. The molecule has 0 saturated carbocycles. The molecule has 0 aliphatic heterocycles. The summed E-state index contributed by atoms with van der Waals surface area (Å²) in [7, 11) is 3.36. The first kappa shape index (κ1) is 12.0. The maximum atomic E-state index is 10.9. The summed E-state index contributed by atoms with van der Waals surface area (Å²) in [6.45, 7) is 0.661. The van der Waals surface area contributed by atoms with Crippen LogP contribution in [0.2, 0.25) is 0 Å². The molecule has 0 amide bonds. The van der Waals surface area contributed by atoms with Crippen molar-refractivity contribution in [3.63, 3.8) is 0 Å². The first-order chi connectivity index (χ1) is 7.13. The van der Waals surface area contributed by atoms with Gasteiger partial charge in [0.05, 0.1) is 13.5 Å². The molecule has 0 spiro atoms. The van der Waals surface area contributed by atoms with Gasteiger partial charge in [-0.25, -0.2) is 0 Å². The fraction of sp³-hybridized carbons (Fsp3) is 0.364. The molecule has 82 valence electrons. The van der Waals surface area contributed by atoms with E-state index < -0.39 is 0 Å². The maximum Gasteiger partial charge on any atom is 0.307 e. The number of hydrogen-bond donors (Lipinski definition) is 0. The highest BCUT2D eigenvalue weighted by Crippen LogP contribution is 2.17. The lowest BCUT2D eigenvalue weighted by Gasteiger charge is -2.18. The molecule has 0 unspecified atom stereocenters. The number of nitrogens with zero attached hydrogens (tertiary/aromatic N) is 1. The van der Waals surface area contributed by atoms with Crippen molar-refractivity contribution in [1.29, 1.82) is 0 Å². The monoisotopic (exact) mass is 271 g/mol. The highest BCUT2D eigenvalue weighted by molar-refractivity contribution is 9.10. The van der Waals surface area contributed by atoms with Crippen LogP contribution in [0.15, 0.2) is 28.7 Å². The van der Waals surface area contributed by atoms with Crippen LogP contribution in [0.4, 0.5) is 5.69 Å². The lowest BCUT2D eigenvalue weighted by atomic mass is 10.3. The molecule has 0 aliphatic rings. The van der Waals surface area contributed by atoms with E-state index in [-0.39, 0.29) is 5.97 Å². The highest BCUT2D eigenvalue weighted by atomic mass is 79.9. The number of esters is 1. The molecule has 0 aromatic heterocycles. The van der Waals surface area contributed by atoms with Crippen LogP contribution >= 0.6 is 15.9 Å². The summed E-state index contributed by atoms with van der Waals surface area (Å²) in [5, 5.41) is 0. The molecule has 4 heteroatoms. The molecule has 0 N–H and O–H groups in total. The van der Waals surface area contributed by atoms with Gasteiger partial charge in [-0.05, 0) is 24.3 Å². The number of ether oxygens (including phenoxy) is 1. The van der Waals surface area contributed by atoms with Crippen molar-refractivity contribution < 1.29 is 9.53 Å². The topological polar surface area (TPSA) is 29.5 Å². The molecule has 3 nitrogen and oxygen atoms in total. The maximum absolute atomic E-state index is 10.9.